The summed E-state index contributed by atoms with van der Waals surface area (Å²) in [7, 11) is -3.62. The molecule has 1 N–H and O–H groups in total. The molecule has 0 unspecified atom stereocenters. The van der Waals surface area contributed by atoms with Crippen LogP contribution in [0.25, 0.3) is 16.2 Å². The smallest absolute Gasteiger partial charge is 0.261 e. The molecule has 4 aromatic rings. The van der Waals surface area contributed by atoms with Crippen molar-refractivity contribution in [1.29, 1.82) is 0 Å². The SMILES string of the molecule is Cc1ccc(S(=O)(=O)Nc2cccc(-c3cn4c(C)csc4n3)c2)cc1. The maximum Gasteiger partial charge on any atom is 0.261 e. The zero-order valence-corrected chi connectivity index (χ0v) is 15.9. The van der Waals surface area contributed by atoms with Gasteiger partial charge in [0.05, 0.1) is 10.6 Å². The van der Waals surface area contributed by atoms with Gasteiger partial charge in [0.2, 0.25) is 0 Å². The third-order valence-electron chi connectivity index (χ3n) is 4.13. The number of rotatable bonds is 4. The Balaban J connectivity index is 1.66. The van der Waals surface area contributed by atoms with E-state index in [-0.39, 0.29) is 4.90 Å². The predicted octanol–water partition coefficient (Wildman–Crippen LogP) is 4.48. The molecule has 2 heterocycles. The number of fused-ring (bicyclic) bond motifs is 1. The molecule has 0 bridgehead atoms. The zero-order chi connectivity index (χ0) is 18.3. The fraction of sp³-hybridized carbons (Fsp3) is 0.105. The number of imidazole rings is 1. The molecule has 5 nitrogen and oxygen atoms in total. The number of hydrogen-bond donors (Lipinski definition) is 1. The molecule has 0 saturated heterocycles. The summed E-state index contributed by atoms with van der Waals surface area (Å²) in [5, 5.41) is 2.05. The highest BCUT2D eigenvalue weighted by Crippen LogP contribution is 2.26. The minimum absolute atomic E-state index is 0.242. The molecule has 2 aromatic heterocycles. The second-order valence-electron chi connectivity index (χ2n) is 6.16. The fourth-order valence-corrected chi connectivity index (χ4v) is 4.61. The number of hydrogen-bond acceptors (Lipinski definition) is 4. The average molecular weight is 383 g/mol. The summed E-state index contributed by atoms with van der Waals surface area (Å²) < 4.78 is 29.8. The van der Waals surface area contributed by atoms with E-state index in [0.717, 1.165) is 27.5 Å². The van der Waals surface area contributed by atoms with E-state index < -0.39 is 10.0 Å². The van der Waals surface area contributed by atoms with Gasteiger partial charge in [0.15, 0.2) is 4.96 Å². The second kappa shape index (κ2) is 6.26. The van der Waals surface area contributed by atoms with Gasteiger partial charge >= 0.3 is 0 Å². The fourth-order valence-electron chi connectivity index (χ4n) is 2.71. The molecular weight excluding hydrogens is 366 g/mol. The summed E-state index contributed by atoms with van der Waals surface area (Å²) in [6, 6.07) is 14.1. The minimum atomic E-state index is -3.62. The summed E-state index contributed by atoms with van der Waals surface area (Å²) >= 11 is 1.58. The number of benzene rings is 2. The first-order valence-electron chi connectivity index (χ1n) is 8.05. The van der Waals surface area contributed by atoms with Crippen molar-refractivity contribution in [3.8, 4) is 11.3 Å². The van der Waals surface area contributed by atoms with Gasteiger partial charge in [-0.05, 0) is 38.1 Å². The standard InChI is InChI=1S/C19H17N3O2S2/c1-13-6-8-17(9-7-13)26(23,24)21-16-5-3-4-15(10-16)18-11-22-14(2)12-25-19(22)20-18/h3-12,21H,1-2H3. The number of nitrogens with one attached hydrogen (secondary N) is 1. The second-order valence-corrected chi connectivity index (χ2v) is 8.67. The number of sulfonamides is 1. The molecule has 2 aromatic carbocycles. The van der Waals surface area contributed by atoms with Crippen LogP contribution in [0.1, 0.15) is 11.3 Å². The van der Waals surface area contributed by atoms with Crippen LogP contribution in [0.2, 0.25) is 0 Å². The molecule has 0 fully saturated rings. The van der Waals surface area contributed by atoms with Crippen LogP contribution in [0, 0.1) is 13.8 Å². The Labute approximate surface area is 156 Å². The maximum absolute atomic E-state index is 12.6. The highest BCUT2D eigenvalue weighted by atomic mass is 32.2. The highest BCUT2D eigenvalue weighted by molar-refractivity contribution is 7.92. The summed E-state index contributed by atoms with van der Waals surface area (Å²) in [4.78, 5) is 5.78. The quantitative estimate of drug-likeness (QED) is 0.565. The first-order valence-corrected chi connectivity index (χ1v) is 10.4. The van der Waals surface area contributed by atoms with Crippen LogP contribution in [0.5, 0.6) is 0 Å². The van der Waals surface area contributed by atoms with Crippen molar-refractivity contribution < 1.29 is 8.42 Å². The van der Waals surface area contributed by atoms with Crippen LogP contribution in [0.3, 0.4) is 0 Å². The van der Waals surface area contributed by atoms with Crippen molar-refractivity contribution in [3.63, 3.8) is 0 Å². The lowest BCUT2D eigenvalue weighted by molar-refractivity contribution is 0.601. The highest BCUT2D eigenvalue weighted by Gasteiger charge is 2.15. The Morgan fingerprint density at radius 1 is 1.08 bits per heavy atom. The first kappa shape index (κ1) is 16.8. The van der Waals surface area contributed by atoms with Crippen LogP contribution in [0.15, 0.2) is 65.0 Å². The third-order valence-corrected chi connectivity index (χ3v) is 6.49. The molecule has 4 rings (SSSR count). The predicted molar refractivity (Wildman–Crippen MR) is 105 cm³/mol. The Hall–Kier alpha value is -2.64. The third kappa shape index (κ3) is 3.11. The molecule has 0 amide bonds. The van der Waals surface area contributed by atoms with E-state index in [1.165, 1.54) is 0 Å². The largest absolute Gasteiger partial charge is 0.294 e. The average Bonchev–Trinajstić information content (AvgIpc) is 3.18. The van der Waals surface area contributed by atoms with Gasteiger partial charge in [0.1, 0.15) is 0 Å². The van der Waals surface area contributed by atoms with Gasteiger partial charge in [-0.3, -0.25) is 9.12 Å². The zero-order valence-electron chi connectivity index (χ0n) is 14.3. The van der Waals surface area contributed by atoms with Crippen LogP contribution in [-0.4, -0.2) is 17.8 Å². The summed E-state index contributed by atoms with van der Waals surface area (Å²) in [6.45, 7) is 3.95. The summed E-state index contributed by atoms with van der Waals surface area (Å²) in [5.41, 5.74) is 4.33. The number of anilines is 1. The van der Waals surface area contributed by atoms with E-state index in [2.05, 4.69) is 15.1 Å². The molecule has 7 heteroatoms. The van der Waals surface area contributed by atoms with Crippen molar-refractivity contribution >= 4 is 32.0 Å². The molecule has 0 spiro atoms. The summed E-state index contributed by atoms with van der Waals surface area (Å²) in [5.74, 6) is 0. The molecule has 0 saturated carbocycles. The van der Waals surface area contributed by atoms with E-state index in [0.29, 0.717) is 5.69 Å². The van der Waals surface area contributed by atoms with Gasteiger partial charge in [0.25, 0.3) is 10.0 Å². The van der Waals surface area contributed by atoms with E-state index in [1.54, 1.807) is 47.7 Å². The normalized spacial score (nSPS) is 11.8. The van der Waals surface area contributed by atoms with Crippen molar-refractivity contribution in [2.24, 2.45) is 0 Å². The Kier molecular flexibility index (Phi) is 4.05. The maximum atomic E-state index is 12.6. The molecule has 0 aliphatic rings. The van der Waals surface area contributed by atoms with Crippen molar-refractivity contribution in [3.05, 3.63) is 71.4 Å². The van der Waals surface area contributed by atoms with E-state index in [9.17, 15) is 8.42 Å². The van der Waals surface area contributed by atoms with Gasteiger partial charge in [-0.2, -0.15) is 0 Å². The topological polar surface area (TPSA) is 63.5 Å². The van der Waals surface area contributed by atoms with Gasteiger partial charge < -0.3 is 0 Å². The van der Waals surface area contributed by atoms with Gasteiger partial charge in [-0.15, -0.1) is 11.3 Å². The van der Waals surface area contributed by atoms with Gasteiger partial charge in [-0.1, -0.05) is 29.8 Å². The van der Waals surface area contributed by atoms with Gasteiger partial charge in [0, 0.05) is 28.5 Å². The van der Waals surface area contributed by atoms with E-state index >= 15 is 0 Å². The van der Waals surface area contributed by atoms with E-state index in [4.69, 9.17) is 0 Å². The van der Waals surface area contributed by atoms with E-state index in [1.807, 2.05) is 36.6 Å². The molecule has 0 aliphatic heterocycles. The molecule has 26 heavy (non-hydrogen) atoms. The molecule has 0 radical (unpaired) electrons. The molecule has 0 aliphatic carbocycles. The van der Waals surface area contributed by atoms with Crippen LogP contribution in [0.4, 0.5) is 5.69 Å². The Morgan fingerprint density at radius 2 is 1.85 bits per heavy atom. The monoisotopic (exact) mass is 383 g/mol. The molecule has 0 atom stereocenters. The molecular formula is C19H17N3O2S2. The van der Waals surface area contributed by atoms with Crippen LogP contribution >= 0.6 is 11.3 Å². The minimum Gasteiger partial charge on any atom is -0.294 e. The number of thiazole rings is 1. The van der Waals surface area contributed by atoms with Crippen molar-refractivity contribution in [2.75, 3.05) is 4.72 Å². The van der Waals surface area contributed by atoms with Gasteiger partial charge in [-0.25, -0.2) is 13.4 Å². The van der Waals surface area contributed by atoms with Crippen molar-refractivity contribution in [1.82, 2.24) is 9.38 Å². The number of aryl methyl sites for hydroxylation is 2. The molecule has 132 valence electrons. The lowest BCUT2D eigenvalue weighted by atomic mass is 10.1. The van der Waals surface area contributed by atoms with Crippen LogP contribution < -0.4 is 4.72 Å². The lowest BCUT2D eigenvalue weighted by Crippen LogP contribution is -2.12. The Morgan fingerprint density at radius 3 is 2.58 bits per heavy atom. The van der Waals surface area contributed by atoms with Crippen LogP contribution in [-0.2, 0) is 10.0 Å². The lowest BCUT2D eigenvalue weighted by Gasteiger charge is -2.09. The number of nitrogens with zero attached hydrogens (tertiary/aromatic N) is 2. The van der Waals surface area contributed by atoms with Crippen molar-refractivity contribution in [2.45, 2.75) is 18.7 Å². The Bertz CT molecular complexity index is 1190. The first-order chi connectivity index (χ1) is 12.4. The summed E-state index contributed by atoms with van der Waals surface area (Å²) in [6.07, 6.45) is 1.97. The number of aromatic nitrogens is 2.